The van der Waals surface area contributed by atoms with Crippen molar-refractivity contribution in [3.05, 3.63) is 84.4 Å². The van der Waals surface area contributed by atoms with Crippen LogP contribution in [0.4, 0.5) is 0 Å². The van der Waals surface area contributed by atoms with E-state index in [-0.39, 0.29) is 5.41 Å². The molecule has 0 saturated heterocycles. The molecule has 0 aliphatic rings. The van der Waals surface area contributed by atoms with Gasteiger partial charge in [-0.05, 0) is 33.2 Å². The minimum absolute atomic E-state index is 0.0810. The lowest BCUT2D eigenvalue weighted by Gasteiger charge is -2.27. The molecule has 0 nitrogen and oxygen atoms in total. The summed E-state index contributed by atoms with van der Waals surface area (Å²) < 4.78 is 0. The molecule has 0 aromatic heterocycles. The van der Waals surface area contributed by atoms with Gasteiger partial charge in [-0.1, -0.05) is 127 Å². The van der Waals surface area contributed by atoms with E-state index in [0.29, 0.717) is 0 Å². The maximum absolute atomic E-state index is 2.29. The molecule has 0 fully saturated rings. The van der Waals surface area contributed by atoms with E-state index in [1.165, 1.54) is 27.8 Å². The molecule has 0 radical (unpaired) electrons. The molecule has 0 bridgehead atoms. The van der Waals surface area contributed by atoms with Crippen LogP contribution in [-0.2, 0) is 5.41 Å². The Balaban J connectivity index is 0.000000791. The quantitative estimate of drug-likeness (QED) is 0.437. The van der Waals surface area contributed by atoms with Crippen LogP contribution in [0.15, 0.2) is 78.9 Å². The van der Waals surface area contributed by atoms with E-state index in [1.54, 1.807) is 0 Å². The van der Waals surface area contributed by atoms with Crippen LogP contribution in [-0.4, -0.2) is 0 Å². The van der Waals surface area contributed by atoms with Crippen LogP contribution >= 0.6 is 0 Å². The maximum atomic E-state index is 2.29. The fraction of sp³-hybridized carbons (Fsp3) is 0.308. The van der Waals surface area contributed by atoms with Gasteiger partial charge in [0, 0.05) is 0 Å². The molecule has 138 valence electrons. The summed E-state index contributed by atoms with van der Waals surface area (Å²) in [7, 11) is 0. The smallest absolute Gasteiger partial charge is 0.0120 e. The zero-order valence-corrected chi connectivity index (χ0v) is 17.5. The van der Waals surface area contributed by atoms with Crippen LogP contribution in [0.25, 0.3) is 22.3 Å². The van der Waals surface area contributed by atoms with E-state index in [0.717, 1.165) is 0 Å². The molecule has 3 aromatic carbocycles. The SMILES string of the molecule is CC.CC.CC(C)(C)c1c(-c2ccccc2)cccc1-c1ccccc1. The van der Waals surface area contributed by atoms with Crippen molar-refractivity contribution >= 4 is 0 Å². The second-order valence-electron chi connectivity index (χ2n) is 6.71. The van der Waals surface area contributed by atoms with Crippen molar-refractivity contribution in [3.63, 3.8) is 0 Å². The third-order valence-corrected chi connectivity index (χ3v) is 3.98. The lowest BCUT2D eigenvalue weighted by molar-refractivity contribution is 0.593. The number of hydrogen-bond acceptors (Lipinski definition) is 0. The average molecular weight is 347 g/mol. The van der Waals surface area contributed by atoms with Gasteiger partial charge in [-0.2, -0.15) is 0 Å². The molecule has 0 heterocycles. The Kier molecular flexibility index (Phi) is 8.85. The lowest BCUT2D eigenvalue weighted by Crippen LogP contribution is -2.14. The van der Waals surface area contributed by atoms with Gasteiger partial charge in [-0.3, -0.25) is 0 Å². The van der Waals surface area contributed by atoms with Crippen LogP contribution in [0.3, 0.4) is 0 Å². The summed E-state index contributed by atoms with van der Waals surface area (Å²) in [5.74, 6) is 0. The first-order valence-electron chi connectivity index (χ1n) is 9.82. The van der Waals surface area contributed by atoms with Crippen molar-refractivity contribution in [1.82, 2.24) is 0 Å². The fourth-order valence-corrected chi connectivity index (χ4v) is 3.08. The second kappa shape index (κ2) is 10.6. The summed E-state index contributed by atoms with van der Waals surface area (Å²) in [5.41, 5.74) is 6.71. The van der Waals surface area contributed by atoms with Gasteiger partial charge in [-0.25, -0.2) is 0 Å². The standard InChI is InChI=1S/C22H22.2C2H6/c1-22(2,3)21-19(17-11-6-4-7-12-17)15-10-16-20(21)18-13-8-5-9-14-18;2*1-2/h4-16H,1-3H3;2*1-2H3. The Morgan fingerprint density at radius 2 is 0.808 bits per heavy atom. The second-order valence-corrected chi connectivity index (χ2v) is 6.71. The first kappa shape index (κ1) is 21.7. The van der Waals surface area contributed by atoms with Gasteiger partial charge in [0.05, 0.1) is 0 Å². The van der Waals surface area contributed by atoms with Crippen molar-refractivity contribution in [1.29, 1.82) is 0 Å². The maximum Gasteiger partial charge on any atom is -0.0120 e. The average Bonchev–Trinajstić information content (AvgIpc) is 2.71. The number of hydrogen-bond donors (Lipinski definition) is 0. The molecule has 0 spiro atoms. The summed E-state index contributed by atoms with van der Waals surface area (Å²) in [5, 5.41) is 0. The largest absolute Gasteiger partial charge is 0.0683 e. The van der Waals surface area contributed by atoms with Crippen molar-refractivity contribution < 1.29 is 0 Å². The minimum Gasteiger partial charge on any atom is -0.0683 e. The van der Waals surface area contributed by atoms with Gasteiger partial charge >= 0.3 is 0 Å². The molecule has 0 aliphatic heterocycles. The monoisotopic (exact) mass is 346 g/mol. The molecule has 0 amide bonds. The molecule has 0 atom stereocenters. The summed E-state index contributed by atoms with van der Waals surface area (Å²) in [6, 6.07) is 28.0. The van der Waals surface area contributed by atoms with E-state index in [1.807, 2.05) is 27.7 Å². The molecule has 26 heavy (non-hydrogen) atoms. The van der Waals surface area contributed by atoms with Gasteiger partial charge in [0.1, 0.15) is 0 Å². The van der Waals surface area contributed by atoms with Crippen LogP contribution in [0, 0.1) is 0 Å². The highest BCUT2D eigenvalue weighted by atomic mass is 14.3. The molecule has 0 aliphatic carbocycles. The van der Waals surface area contributed by atoms with Crippen LogP contribution in [0.5, 0.6) is 0 Å². The molecular weight excluding hydrogens is 312 g/mol. The van der Waals surface area contributed by atoms with Gasteiger partial charge in [0.15, 0.2) is 0 Å². The molecule has 3 rings (SSSR count). The predicted octanol–water partition coefficient (Wildman–Crippen LogP) is 8.37. The van der Waals surface area contributed by atoms with Crippen molar-refractivity contribution in [2.75, 3.05) is 0 Å². The highest BCUT2D eigenvalue weighted by Gasteiger charge is 2.22. The lowest BCUT2D eigenvalue weighted by atomic mass is 9.77. The van der Waals surface area contributed by atoms with Crippen molar-refractivity contribution in [2.24, 2.45) is 0 Å². The summed E-state index contributed by atoms with van der Waals surface area (Å²) >= 11 is 0. The Bertz CT molecular complexity index is 689. The van der Waals surface area contributed by atoms with Crippen LogP contribution in [0.2, 0.25) is 0 Å². The normalized spacial score (nSPS) is 10.1. The predicted molar refractivity (Wildman–Crippen MR) is 119 cm³/mol. The van der Waals surface area contributed by atoms with Gasteiger partial charge in [0.2, 0.25) is 0 Å². The molecular formula is C26H34. The van der Waals surface area contributed by atoms with E-state index < -0.39 is 0 Å². The zero-order chi connectivity index (χ0) is 19.6. The Labute approximate surface area is 160 Å². The Morgan fingerprint density at radius 3 is 1.12 bits per heavy atom. The van der Waals surface area contributed by atoms with Gasteiger partial charge < -0.3 is 0 Å². The molecule has 0 heteroatoms. The Hall–Kier alpha value is -2.34. The molecule has 3 aromatic rings. The molecule has 0 unspecified atom stereocenters. The van der Waals surface area contributed by atoms with Crippen LogP contribution < -0.4 is 0 Å². The minimum atomic E-state index is 0.0810. The van der Waals surface area contributed by atoms with E-state index >= 15 is 0 Å². The summed E-state index contributed by atoms with van der Waals surface area (Å²) in [6.45, 7) is 14.9. The fourth-order valence-electron chi connectivity index (χ4n) is 3.08. The zero-order valence-electron chi connectivity index (χ0n) is 17.5. The van der Waals surface area contributed by atoms with Crippen LogP contribution in [0.1, 0.15) is 54.0 Å². The first-order valence-corrected chi connectivity index (χ1v) is 9.82. The summed E-state index contributed by atoms with van der Waals surface area (Å²) in [6.07, 6.45) is 0. The molecule has 0 saturated carbocycles. The van der Waals surface area contributed by atoms with E-state index in [9.17, 15) is 0 Å². The van der Waals surface area contributed by atoms with Gasteiger partial charge in [0.25, 0.3) is 0 Å². The molecule has 0 N–H and O–H groups in total. The van der Waals surface area contributed by atoms with E-state index in [4.69, 9.17) is 0 Å². The number of benzene rings is 3. The van der Waals surface area contributed by atoms with Gasteiger partial charge in [-0.15, -0.1) is 0 Å². The third kappa shape index (κ3) is 5.33. The topological polar surface area (TPSA) is 0 Å². The highest BCUT2D eigenvalue weighted by molar-refractivity contribution is 5.80. The first-order chi connectivity index (χ1) is 12.6. The van der Waals surface area contributed by atoms with Crippen molar-refractivity contribution in [3.8, 4) is 22.3 Å². The van der Waals surface area contributed by atoms with Crippen molar-refractivity contribution in [2.45, 2.75) is 53.9 Å². The number of rotatable bonds is 2. The Morgan fingerprint density at radius 1 is 0.462 bits per heavy atom. The third-order valence-electron chi connectivity index (χ3n) is 3.98. The van der Waals surface area contributed by atoms with E-state index in [2.05, 4.69) is 99.6 Å². The summed E-state index contributed by atoms with van der Waals surface area (Å²) in [4.78, 5) is 0. The highest BCUT2D eigenvalue weighted by Crippen LogP contribution is 2.39.